The highest BCUT2D eigenvalue weighted by molar-refractivity contribution is 7.18. The second-order valence-corrected chi connectivity index (χ2v) is 5.76. The zero-order valence-corrected chi connectivity index (χ0v) is 11.6. The average Bonchev–Trinajstić information content (AvgIpc) is 2.69. The van der Waals surface area contributed by atoms with Crippen LogP contribution in [0.2, 0.25) is 4.34 Å². The van der Waals surface area contributed by atoms with Gasteiger partial charge in [-0.3, -0.25) is 4.79 Å². The first-order valence-corrected chi connectivity index (χ1v) is 6.73. The van der Waals surface area contributed by atoms with E-state index in [-0.39, 0.29) is 12.4 Å². The van der Waals surface area contributed by atoms with Gasteiger partial charge in [-0.2, -0.15) is 0 Å². The minimum absolute atomic E-state index is 0.0363. The summed E-state index contributed by atoms with van der Waals surface area (Å²) >= 11 is 7.01. The highest BCUT2D eigenvalue weighted by Crippen LogP contribution is 2.21. The normalized spacial score (nSPS) is 11.1. The molecule has 0 saturated heterocycles. The zero-order chi connectivity index (χ0) is 12.7. The lowest BCUT2D eigenvalue weighted by molar-refractivity contribution is 0.0365. The van der Waals surface area contributed by atoms with Crippen molar-refractivity contribution in [3.63, 3.8) is 0 Å². The van der Waals surface area contributed by atoms with Crippen molar-refractivity contribution in [3.8, 4) is 0 Å². The fourth-order valence-corrected chi connectivity index (χ4v) is 2.10. The smallest absolute Gasteiger partial charge is 0.198 e. The summed E-state index contributed by atoms with van der Waals surface area (Å²) < 4.78 is 11.2. The number of ether oxygens (including phenoxy) is 2. The van der Waals surface area contributed by atoms with Gasteiger partial charge in [-0.25, -0.2) is 0 Å². The standard InChI is InChI=1S/C12H17ClO3S/c1-9(2)7-15-5-6-16-8-10(14)11-3-4-12(13)17-11/h3-4,9H,5-8H2,1-2H3. The molecule has 17 heavy (non-hydrogen) atoms. The fourth-order valence-electron chi connectivity index (χ4n) is 1.14. The molecule has 0 aliphatic heterocycles. The van der Waals surface area contributed by atoms with Gasteiger partial charge in [0.25, 0.3) is 0 Å². The summed E-state index contributed by atoms with van der Waals surface area (Å²) in [7, 11) is 0. The van der Waals surface area contributed by atoms with E-state index >= 15 is 0 Å². The van der Waals surface area contributed by atoms with Gasteiger partial charge in [0.15, 0.2) is 5.78 Å². The Morgan fingerprint density at radius 2 is 2.06 bits per heavy atom. The second kappa shape index (κ2) is 7.82. The van der Waals surface area contributed by atoms with Crippen molar-refractivity contribution < 1.29 is 14.3 Å². The molecule has 1 aromatic heterocycles. The molecule has 5 heteroatoms. The maximum atomic E-state index is 11.6. The van der Waals surface area contributed by atoms with Crippen molar-refractivity contribution >= 4 is 28.7 Å². The number of rotatable bonds is 8. The highest BCUT2D eigenvalue weighted by atomic mass is 35.5. The van der Waals surface area contributed by atoms with Gasteiger partial charge in [-0.1, -0.05) is 25.4 Å². The third kappa shape index (κ3) is 6.17. The van der Waals surface area contributed by atoms with Crippen LogP contribution in [0.4, 0.5) is 0 Å². The molecule has 0 aliphatic carbocycles. The van der Waals surface area contributed by atoms with Crippen molar-refractivity contribution in [2.24, 2.45) is 5.92 Å². The number of ketones is 1. The Kier molecular flexibility index (Phi) is 6.73. The number of carbonyl (C=O) groups is 1. The largest absolute Gasteiger partial charge is 0.379 e. The van der Waals surface area contributed by atoms with Gasteiger partial charge in [0.2, 0.25) is 0 Å². The average molecular weight is 277 g/mol. The van der Waals surface area contributed by atoms with Crippen LogP contribution in [0.3, 0.4) is 0 Å². The molecule has 1 heterocycles. The molecule has 96 valence electrons. The lowest BCUT2D eigenvalue weighted by Crippen LogP contribution is -2.13. The first kappa shape index (κ1) is 14.6. The maximum absolute atomic E-state index is 11.6. The van der Waals surface area contributed by atoms with Crippen LogP contribution in [0.25, 0.3) is 0 Å². The van der Waals surface area contributed by atoms with Crippen molar-refractivity contribution in [3.05, 3.63) is 21.3 Å². The molecule has 0 aromatic carbocycles. The Morgan fingerprint density at radius 1 is 1.35 bits per heavy atom. The molecular weight excluding hydrogens is 260 g/mol. The summed E-state index contributed by atoms with van der Waals surface area (Å²) in [5.74, 6) is 0.482. The van der Waals surface area contributed by atoms with Crippen LogP contribution < -0.4 is 0 Å². The molecule has 0 atom stereocenters. The molecule has 1 aromatic rings. The molecule has 0 radical (unpaired) electrons. The van der Waals surface area contributed by atoms with Crippen LogP contribution in [0.5, 0.6) is 0 Å². The van der Waals surface area contributed by atoms with Crippen LogP contribution in [0, 0.1) is 5.92 Å². The van der Waals surface area contributed by atoms with Gasteiger partial charge < -0.3 is 9.47 Å². The number of hydrogen-bond acceptors (Lipinski definition) is 4. The zero-order valence-electron chi connectivity index (χ0n) is 10.1. The number of halogens is 1. The third-order valence-corrected chi connectivity index (χ3v) is 3.18. The van der Waals surface area contributed by atoms with Crippen molar-refractivity contribution in [1.29, 1.82) is 0 Å². The maximum Gasteiger partial charge on any atom is 0.198 e. The van der Waals surface area contributed by atoms with Gasteiger partial charge in [-0.15, -0.1) is 11.3 Å². The summed E-state index contributed by atoms with van der Waals surface area (Å²) in [4.78, 5) is 12.2. The number of thiophene rings is 1. The molecular formula is C12H17ClO3S. The molecule has 3 nitrogen and oxygen atoms in total. The monoisotopic (exact) mass is 276 g/mol. The van der Waals surface area contributed by atoms with Gasteiger partial charge in [0, 0.05) is 6.61 Å². The summed E-state index contributed by atoms with van der Waals surface area (Å²) in [6.07, 6.45) is 0. The predicted molar refractivity (Wildman–Crippen MR) is 70.1 cm³/mol. The molecule has 0 unspecified atom stereocenters. The SMILES string of the molecule is CC(C)COCCOCC(=O)c1ccc(Cl)s1. The number of hydrogen-bond donors (Lipinski definition) is 0. The first-order valence-electron chi connectivity index (χ1n) is 5.53. The Hall–Kier alpha value is -0.420. The van der Waals surface area contributed by atoms with E-state index in [1.807, 2.05) is 0 Å². The lowest BCUT2D eigenvalue weighted by Gasteiger charge is -2.06. The van der Waals surface area contributed by atoms with E-state index in [0.29, 0.717) is 28.3 Å². The van der Waals surface area contributed by atoms with Crippen LogP contribution in [-0.4, -0.2) is 32.2 Å². The van der Waals surface area contributed by atoms with Crippen LogP contribution in [0.15, 0.2) is 12.1 Å². The first-order chi connectivity index (χ1) is 8.09. The Labute approximate surface area is 111 Å². The van der Waals surface area contributed by atoms with Crippen LogP contribution in [-0.2, 0) is 9.47 Å². The predicted octanol–water partition coefficient (Wildman–Crippen LogP) is 3.27. The van der Waals surface area contributed by atoms with Gasteiger partial charge in [0.1, 0.15) is 6.61 Å². The van der Waals surface area contributed by atoms with E-state index in [1.54, 1.807) is 12.1 Å². The van der Waals surface area contributed by atoms with Gasteiger partial charge in [-0.05, 0) is 18.1 Å². The van der Waals surface area contributed by atoms with Crippen LogP contribution >= 0.6 is 22.9 Å². The van der Waals surface area contributed by atoms with E-state index in [9.17, 15) is 4.79 Å². The minimum Gasteiger partial charge on any atom is -0.379 e. The minimum atomic E-state index is -0.0363. The van der Waals surface area contributed by atoms with Gasteiger partial charge in [0.05, 0.1) is 22.4 Å². The Balaban J connectivity index is 2.09. The van der Waals surface area contributed by atoms with Gasteiger partial charge >= 0.3 is 0 Å². The molecule has 0 saturated carbocycles. The summed E-state index contributed by atoms with van der Waals surface area (Å²) in [6.45, 7) is 5.95. The quantitative estimate of drug-likeness (QED) is 0.540. The molecule has 0 amide bonds. The number of carbonyl (C=O) groups excluding carboxylic acids is 1. The third-order valence-electron chi connectivity index (χ3n) is 1.90. The summed E-state index contributed by atoms with van der Waals surface area (Å²) in [5.41, 5.74) is 0. The van der Waals surface area contributed by atoms with Crippen molar-refractivity contribution in [1.82, 2.24) is 0 Å². The molecule has 0 aliphatic rings. The Bertz CT molecular complexity index is 349. The summed E-state index contributed by atoms with van der Waals surface area (Å²) in [5, 5.41) is 0. The molecule has 1 rings (SSSR count). The van der Waals surface area contributed by atoms with E-state index in [1.165, 1.54) is 11.3 Å². The second-order valence-electron chi connectivity index (χ2n) is 4.05. The molecule has 0 N–H and O–H groups in total. The van der Waals surface area contributed by atoms with E-state index in [2.05, 4.69) is 13.8 Å². The number of Topliss-reactive ketones (excluding diaryl/α,β-unsaturated/α-hetero) is 1. The molecule has 0 spiro atoms. The lowest BCUT2D eigenvalue weighted by atomic mass is 10.2. The summed E-state index contributed by atoms with van der Waals surface area (Å²) in [6, 6.07) is 3.43. The molecule has 0 fully saturated rings. The topological polar surface area (TPSA) is 35.5 Å². The fraction of sp³-hybridized carbons (Fsp3) is 0.583. The highest BCUT2D eigenvalue weighted by Gasteiger charge is 2.08. The van der Waals surface area contributed by atoms with Crippen molar-refractivity contribution in [2.75, 3.05) is 26.4 Å². The van der Waals surface area contributed by atoms with E-state index in [0.717, 1.165) is 6.61 Å². The molecule has 0 bridgehead atoms. The Morgan fingerprint density at radius 3 is 2.65 bits per heavy atom. The van der Waals surface area contributed by atoms with E-state index in [4.69, 9.17) is 21.1 Å². The van der Waals surface area contributed by atoms with Crippen LogP contribution in [0.1, 0.15) is 23.5 Å². The van der Waals surface area contributed by atoms with Crippen molar-refractivity contribution in [2.45, 2.75) is 13.8 Å². The van der Waals surface area contributed by atoms with E-state index < -0.39 is 0 Å².